The first-order valence-electron chi connectivity index (χ1n) is 6.95. The molecule has 112 valence electrons. The molecule has 21 heavy (non-hydrogen) atoms. The van der Waals surface area contributed by atoms with Gasteiger partial charge in [-0.25, -0.2) is 9.67 Å². The van der Waals surface area contributed by atoms with Gasteiger partial charge in [-0.05, 0) is 18.9 Å². The van der Waals surface area contributed by atoms with E-state index in [-0.39, 0.29) is 5.69 Å². The molecule has 2 rings (SSSR count). The summed E-state index contributed by atoms with van der Waals surface area (Å²) in [5.74, 6) is 0.613. The summed E-state index contributed by atoms with van der Waals surface area (Å²) in [5.41, 5.74) is 0.806. The van der Waals surface area contributed by atoms with Crippen LogP contribution in [0.15, 0.2) is 18.3 Å². The third kappa shape index (κ3) is 3.33. The Labute approximate surface area is 122 Å². The molecule has 0 amide bonds. The molecule has 0 saturated heterocycles. The highest BCUT2D eigenvalue weighted by Crippen LogP contribution is 2.28. The van der Waals surface area contributed by atoms with Crippen LogP contribution in [0.3, 0.4) is 0 Å². The summed E-state index contributed by atoms with van der Waals surface area (Å²) in [6.45, 7) is 5.45. The number of aromatic nitrogens is 4. The lowest BCUT2D eigenvalue weighted by atomic mass is 10.2. The second-order valence-corrected chi connectivity index (χ2v) is 4.59. The highest BCUT2D eigenvalue weighted by Gasteiger charge is 2.21. The Morgan fingerprint density at radius 1 is 1.33 bits per heavy atom. The highest BCUT2D eigenvalue weighted by molar-refractivity contribution is 5.68. The molecule has 2 aromatic heterocycles. The standard InChI is InChI=1S/C13H18N6O2/c1-3-7-14-12-6-5-10(19(20)21)13(16-12)11-9-15-17-18(11)8-4-2/h5-6,9H,3-4,7-8H2,1-2H3,(H,14,16). The molecule has 1 N–H and O–H groups in total. The Kier molecular flexibility index (Phi) is 4.81. The number of aryl methyl sites for hydroxylation is 1. The Bertz CT molecular complexity index is 625. The maximum absolute atomic E-state index is 11.2. The molecule has 2 aromatic rings. The van der Waals surface area contributed by atoms with Gasteiger partial charge in [0.15, 0.2) is 5.69 Å². The second-order valence-electron chi connectivity index (χ2n) is 4.59. The zero-order valence-corrected chi connectivity index (χ0v) is 12.1. The number of nitrogens with one attached hydrogen (secondary N) is 1. The smallest absolute Gasteiger partial charge is 0.297 e. The van der Waals surface area contributed by atoms with E-state index >= 15 is 0 Å². The molecule has 2 heterocycles. The van der Waals surface area contributed by atoms with Crippen molar-refractivity contribution in [1.82, 2.24) is 20.0 Å². The van der Waals surface area contributed by atoms with Gasteiger partial charge in [0.05, 0.1) is 11.1 Å². The quantitative estimate of drug-likeness (QED) is 0.621. The van der Waals surface area contributed by atoms with E-state index in [1.165, 1.54) is 12.3 Å². The van der Waals surface area contributed by atoms with E-state index in [1.54, 1.807) is 10.7 Å². The summed E-state index contributed by atoms with van der Waals surface area (Å²) < 4.78 is 1.64. The van der Waals surface area contributed by atoms with E-state index in [0.717, 1.165) is 19.4 Å². The van der Waals surface area contributed by atoms with Crippen molar-refractivity contribution in [3.8, 4) is 11.4 Å². The van der Waals surface area contributed by atoms with Crippen molar-refractivity contribution >= 4 is 11.5 Å². The average Bonchev–Trinajstić information content (AvgIpc) is 2.93. The molecule has 0 aliphatic rings. The van der Waals surface area contributed by atoms with E-state index in [4.69, 9.17) is 0 Å². The van der Waals surface area contributed by atoms with Crippen LogP contribution in [-0.2, 0) is 6.54 Å². The van der Waals surface area contributed by atoms with Crippen LogP contribution in [0.25, 0.3) is 11.4 Å². The van der Waals surface area contributed by atoms with Gasteiger partial charge in [0, 0.05) is 19.2 Å². The highest BCUT2D eigenvalue weighted by atomic mass is 16.6. The summed E-state index contributed by atoms with van der Waals surface area (Å²) >= 11 is 0. The van der Waals surface area contributed by atoms with E-state index in [1.807, 2.05) is 13.8 Å². The fraction of sp³-hybridized carbons (Fsp3) is 0.462. The zero-order valence-electron chi connectivity index (χ0n) is 12.1. The average molecular weight is 290 g/mol. The van der Waals surface area contributed by atoms with Crippen LogP contribution in [0.1, 0.15) is 26.7 Å². The van der Waals surface area contributed by atoms with Crippen molar-refractivity contribution in [3.63, 3.8) is 0 Å². The summed E-state index contributed by atoms with van der Waals surface area (Å²) in [5, 5.41) is 22.1. The lowest BCUT2D eigenvalue weighted by molar-refractivity contribution is -0.384. The number of hydrogen-bond acceptors (Lipinski definition) is 6. The first-order valence-corrected chi connectivity index (χ1v) is 6.95. The van der Waals surface area contributed by atoms with Gasteiger partial charge in [0.25, 0.3) is 5.69 Å². The molecule has 0 saturated carbocycles. The minimum absolute atomic E-state index is 0.0447. The van der Waals surface area contributed by atoms with Crippen molar-refractivity contribution in [2.24, 2.45) is 0 Å². The van der Waals surface area contributed by atoms with Crippen molar-refractivity contribution in [3.05, 3.63) is 28.4 Å². The number of hydrogen-bond donors (Lipinski definition) is 1. The first-order chi connectivity index (χ1) is 10.2. The maximum atomic E-state index is 11.2. The molecule has 0 radical (unpaired) electrons. The number of nitrogens with zero attached hydrogens (tertiary/aromatic N) is 5. The lowest BCUT2D eigenvalue weighted by Crippen LogP contribution is -2.07. The number of pyridine rings is 1. The Morgan fingerprint density at radius 2 is 2.14 bits per heavy atom. The molecule has 0 aromatic carbocycles. The molecule has 0 aliphatic heterocycles. The van der Waals surface area contributed by atoms with Crippen LogP contribution in [0.5, 0.6) is 0 Å². The summed E-state index contributed by atoms with van der Waals surface area (Å²) in [6.07, 6.45) is 3.32. The molecular weight excluding hydrogens is 272 g/mol. The molecule has 0 unspecified atom stereocenters. The van der Waals surface area contributed by atoms with Crippen molar-refractivity contribution in [2.75, 3.05) is 11.9 Å². The van der Waals surface area contributed by atoms with Crippen LogP contribution < -0.4 is 5.32 Å². The second kappa shape index (κ2) is 6.78. The van der Waals surface area contributed by atoms with Crippen LogP contribution in [0.2, 0.25) is 0 Å². The molecule has 0 fully saturated rings. The zero-order chi connectivity index (χ0) is 15.2. The molecular formula is C13H18N6O2. The van der Waals surface area contributed by atoms with Gasteiger partial charge in [-0.3, -0.25) is 10.1 Å². The van der Waals surface area contributed by atoms with Gasteiger partial charge in [-0.2, -0.15) is 0 Å². The van der Waals surface area contributed by atoms with Crippen molar-refractivity contribution in [1.29, 1.82) is 0 Å². The van der Waals surface area contributed by atoms with Gasteiger partial charge in [-0.15, -0.1) is 5.10 Å². The van der Waals surface area contributed by atoms with Crippen LogP contribution in [0, 0.1) is 10.1 Å². The molecule has 8 heteroatoms. The predicted octanol–water partition coefficient (Wildman–Crippen LogP) is 2.48. The van der Waals surface area contributed by atoms with Crippen LogP contribution in [0.4, 0.5) is 11.5 Å². The summed E-state index contributed by atoms with van der Waals surface area (Å²) in [6, 6.07) is 3.08. The predicted molar refractivity (Wildman–Crippen MR) is 79.0 cm³/mol. The summed E-state index contributed by atoms with van der Waals surface area (Å²) in [4.78, 5) is 15.1. The van der Waals surface area contributed by atoms with Gasteiger partial charge in [-0.1, -0.05) is 19.1 Å². The monoisotopic (exact) mass is 290 g/mol. The summed E-state index contributed by atoms with van der Waals surface area (Å²) in [7, 11) is 0. The van der Waals surface area contributed by atoms with Crippen molar-refractivity contribution < 1.29 is 4.92 Å². The Balaban J connectivity index is 2.47. The third-order valence-electron chi connectivity index (χ3n) is 2.92. The molecule has 0 bridgehead atoms. The van der Waals surface area contributed by atoms with Gasteiger partial charge in [0.1, 0.15) is 11.5 Å². The molecule has 0 atom stereocenters. The minimum Gasteiger partial charge on any atom is -0.370 e. The first kappa shape index (κ1) is 14.9. The number of nitro groups is 1. The normalized spacial score (nSPS) is 10.6. The molecule has 8 nitrogen and oxygen atoms in total. The topological polar surface area (TPSA) is 98.8 Å². The fourth-order valence-electron chi connectivity index (χ4n) is 1.96. The molecule has 0 aliphatic carbocycles. The largest absolute Gasteiger partial charge is 0.370 e. The van der Waals surface area contributed by atoms with Gasteiger partial charge >= 0.3 is 0 Å². The van der Waals surface area contributed by atoms with Gasteiger partial charge in [0.2, 0.25) is 0 Å². The minimum atomic E-state index is -0.435. The van der Waals surface area contributed by atoms with E-state index in [0.29, 0.717) is 23.8 Å². The van der Waals surface area contributed by atoms with Gasteiger partial charge < -0.3 is 5.32 Å². The lowest BCUT2D eigenvalue weighted by Gasteiger charge is -2.08. The number of rotatable bonds is 7. The number of anilines is 1. The Hall–Kier alpha value is -2.51. The molecule has 0 spiro atoms. The van der Waals surface area contributed by atoms with Crippen molar-refractivity contribution in [2.45, 2.75) is 33.2 Å². The Morgan fingerprint density at radius 3 is 2.81 bits per heavy atom. The van der Waals surface area contributed by atoms with E-state index < -0.39 is 4.92 Å². The van der Waals surface area contributed by atoms with E-state index in [2.05, 4.69) is 20.6 Å². The van der Waals surface area contributed by atoms with Crippen LogP contribution >= 0.6 is 0 Å². The third-order valence-corrected chi connectivity index (χ3v) is 2.92. The maximum Gasteiger partial charge on any atom is 0.297 e. The van der Waals surface area contributed by atoms with Crippen LogP contribution in [-0.4, -0.2) is 31.4 Å². The fourth-order valence-corrected chi connectivity index (χ4v) is 1.96. The SMILES string of the molecule is CCCNc1ccc([N+](=O)[O-])c(-c2cnnn2CCC)n1. The van der Waals surface area contributed by atoms with E-state index in [9.17, 15) is 10.1 Å².